The maximum atomic E-state index is 13.1. The van der Waals surface area contributed by atoms with Gasteiger partial charge in [0.05, 0.1) is 24.0 Å². The molecule has 7 unspecified atom stereocenters. The minimum Gasteiger partial charge on any atom is -0.461 e. The maximum Gasteiger partial charge on any atom is 0.311 e. The molecule has 3 rings (SSSR count). The van der Waals surface area contributed by atoms with Crippen LogP contribution in [0.1, 0.15) is 86.0 Å². The summed E-state index contributed by atoms with van der Waals surface area (Å²) in [5.41, 5.74) is 0.772. The number of carbonyl (C=O) groups is 2. The van der Waals surface area contributed by atoms with Crippen LogP contribution in [0.4, 0.5) is 0 Å². The lowest BCUT2D eigenvalue weighted by molar-refractivity contribution is -0.164. The van der Waals surface area contributed by atoms with Crippen LogP contribution in [0.15, 0.2) is 23.8 Å². The Morgan fingerprint density at radius 2 is 1.89 bits per heavy atom. The van der Waals surface area contributed by atoms with Gasteiger partial charge in [-0.3, -0.25) is 9.59 Å². The van der Waals surface area contributed by atoms with Crippen LogP contribution >= 0.6 is 0 Å². The number of hydrogen-bond donors (Lipinski definition) is 2. The molecule has 0 aliphatic heterocycles. The molecule has 0 heterocycles. The van der Waals surface area contributed by atoms with Gasteiger partial charge in [-0.05, 0) is 102 Å². The van der Waals surface area contributed by atoms with Crippen LogP contribution < -0.4 is 5.32 Å². The zero-order chi connectivity index (χ0) is 28.3. The standard InChI is InChI=1S/C31H53NO5Si/c1-9-31(4,5)30(35)36-27-17-20(2)16-22-11-10-21(3)26(29(22)27)15-14-24(33)18-25(37-38(6,7)8)19-28(34)32-23-12-13-23/h10-11,16,20-21,23-27,29,33H,9,12-15,17-19H2,1-8H3,(H,32,34). The number of aliphatic hydroxyl groups excluding tert-OH is 1. The summed E-state index contributed by atoms with van der Waals surface area (Å²) in [6, 6.07) is 0.325. The minimum atomic E-state index is -1.87. The maximum absolute atomic E-state index is 13.1. The molecule has 0 saturated heterocycles. The molecule has 38 heavy (non-hydrogen) atoms. The second kappa shape index (κ2) is 12.8. The van der Waals surface area contributed by atoms with Crippen molar-refractivity contribution in [2.45, 2.75) is 130 Å². The third kappa shape index (κ3) is 9.05. The number of rotatable bonds is 13. The van der Waals surface area contributed by atoms with Crippen LogP contribution in [-0.2, 0) is 18.8 Å². The predicted octanol–water partition coefficient (Wildman–Crippen LogP) is 6.16. The van der Waals surface area contributed by atoms with E-state index in [2.05, 4.69) is 57.0 Å². The number of ether oxygens (including phenoxy) is 1. The van der Waals surface area contributed by atoms with Crippen molar-refractivity contribution in [3.8, 4) is 0 Å². The van der Waals surface area contributed by atoms with Gasteiger partial charge >= 0.3 is 5.97 Å². The Bertz CT molecular complexity index is 887. The first-order chi connectivity index (χ1) is 17.7. The molecule has 7 heteroatoms. The Balaban J connectivity index is 1.67. The molecule has 3 aliphatic rings. The molecule has 1 amide bonds. The summed E-state index contributed by atoms with van der Waals surface area (Å²) in [5, 5.41) is 14.2. The fourth-order valence-electron chi connectivity index (χ4n) is 5.86. The number of fused-ring (bicyclic) bond motifs is 1. The van der Waals surface area contributed by atoms with E-state index < -0.39 is 19.8 Å². The summed E-state index contributed by atoms with van der Waals surface area (Å²) in [4.78, 5) is 25.6. The van der Waals surface area contributed by atoms with Crippen LogP contribution in [0, 0.1) is 29.1 Å². The zero-order valence-corrected chi connectivity index (χ0v) is 26.1. The Morgan fingerprint density at radius 3 is 2.50 bits per heavy atom. The molecule has 7 atom stereocenters. The first-order valence-electron chi connectivity index (χ1n) is 14.9. The lowest BCUT2D eigenvalue weighted by Gasteiger charge is -2.44. The second-order valence-electron chi connectivity index (χ2n) is 13.8. The smallest absolute Gasteiger partial charge is 0.311 e. The molecule has 0 radical (unpaired) electrons. The molecule has 1 saturated carbocycles. The van der Waals surface area contributed by atoms with Gasteiger partial charge < -0.3 is 19.6 Å². The topological polar surface area (TPSA) is 84.9 Å². The van der Waals surface area contributed by atoms with E-state index in [0.717, 1.165) is 32.1 Å². The Hall–Kier alpha value is -1.44. The molecular formula is C31H53NO5Si. The fourth-order valence-corrected chi connectivity index (χ4v) is 7.04. The van der Waals surface area contributed by atoms with E-state index in [0.29, 0.717) is 37.1 Å². The van der Waals surface area contributed by atoms with Crippen molar-refractivity contribution < 1.29 is 23.9 Å². The zero-order valence-electron chi connectivity index (χ0n) is 25.1. The molecule has 6 nitrogen and oxygen atoms in total. The largest absolute Gasteiger partial charge is 0.461 e. The van der Waals surface area contributed by atoms with E-state index >= 15 is 0 Å². The quantitative estimate of drug-likeness (QED) is 0.213. The van der Waals surface area contributed by atoms with Gasteiger partial charge in [0, 0.05) is 12.0 Å². The molecule has 2 N–H and O–H groups in total. The van der Waals surface area contributed by atoms with E-state index in [1.54, 1.807) is 0 Å². The molecule has 0 spiro atoms. The van der Waals surface area contributed by atoms with Crippen molar-refractivity contribution in [3.05, 3.63) is 23.8 Å². The second-order valence-corrected chi connectivity index (χ2v) is 18.3. The van der Waals surface area contributed by atoms with Gasteiger partial charge in [0.1, 0.15) is 6.10 Å². The number of esters is 1. The highest BCUT2D eigenvalue weighted by Gasteiger charge is 2.43. The van der Waals surface area contributed by atoms with Crippen molar-refractivity contribution in [1.82, 2.24) is 5.32 Å². The van der Waals surface area contributed by atoms with Gasteiger partial charge in [-0.2, -0.15) is 0 Å². The molecule has 1 fully saturated rings. The third-order valence-corrected chi connectivity index (χ3v) is 9.57. The van der Waals surface area contributed by atoms with E-state index in [1.165, 1.54) is 5.57 Å². The fraction of sp³-hybridized carbons (Fsp3) is 0.806. The van der Waals surface area contributed by atoms with Gasteiger partial charge in [0.2, 0.25) is 5.91 Å². The van der Waals surface area contributed by atoms with Gasteiger partial charge in [-0.1, -0.05) is 39.0 Å². The van der Waals surface area contributed by atoms with Crippen molar-refractivity contribution in [2.75, 3.05) is 0 Å². The number of carbonyl (C=O) groups excluding carboxylic acids is 2. The van der Waals surface area contributed by atoms with Crippen molar-refractivity contribution in [3.63, 3.8) is 0 Å². The van der Waals surface area contributed by atoms with Gasteiger partial charge in [-0.15, -0.1) is 0 Å². The van der Waals surface area contributed by atoms with Crippen LogP contribution in [0.25, 0.3) is 0 Å². The minimum absolute atomic E-state index is 0.0276. The third-order valence-electron chi connectivity index (χ3n) is 8.53. The van der Waals surface area contributed by atoms with E-state index in [4.69, 9.17) is 9.16 Å². The van der Waals surface area contributed by atoms with E-state index in [-0.39, 0.29) is 35.9 Å². The van der Waals surface area contributed by atoms with Gasteiger partial charge in [-0.25, -0.2) is 0 Å². The summed E-state index contributed by atoms with van der Waals surface area (Å²) in [7, 11) is -1.87. The SMILES string of the molecule is CCC(C)(C)C(=O)OC1CC(C)C=C2C=CC(C)C(CCC(O)CC(CC(=O)NC3CC3)O[Si](C)(C)C)C21. The highest BCUT2D eigenvalue weighted by Crippen LogP contribution is 2.45. The van der Waals surface area contributed by atoms with Crippen molar-refractivity contribution >= 4 is 20.2 Å². The number of hydrogen-bond acceptors (Lipinski definition) is 5. The normalized spacial score (nSPS) is 29.2. The number of amides is 1. The molecule has 216 valence electrons. The molecule has 3 aliphatic carbocycles. The highest BCUT2D eigenvalue weighted by molar-refractivity contribution is 6.69. The van der Waals surface area contributed by atoms with Crippen LogP contribution in [0.3, 0.4) is 0 Å². The van der Waals surface area contributed by atoms with E-state index in [9.17, 15) is 14.7 Å². The Morgan fingerprint density at radius 1 is 1.21 bits per heavy atom. The number of aliphatic hydroxyl groups is 1. The summed E-state index contributed by atoms with van der Waals surface area (Å²) >= 11 is 0. The summed E-state index contributed by atoms with van der Waals surface area (Å²) in [6.45, 7) is 16.7. The van der Waals surface area contributed by atoms with Crippen molar-refractivity contribution in [1.29, 1.82) is 0 Å². The molecule has 0 aromatic heterocycles. The van der Waals surface area contributed by atoms with Gasteiger partial charge in [0.15, 0.2) is 8.32 Å². The first-order valence-corrected chi connectivity index (χ1v) is 18.4. The van der Waals surface area contributed by atoms with Crippen LogP contribution in [0.5, 0.6) is 0 Å². The monoisotopic (exact) mass is 547 g/mol. The lowest BCUT2D eigenvalue weighted by Crippen LogP contribution is -2.43. The molecule has 0 aromatic rings. The Kier molecular flexibility index (Phi) is 10.5. The predicted molar refractivity (Wildman–Crippen MR) is 155 cm³/mol. The Labute approximate surface area is 232 Å². The average molecular weight is 548 g/mol. The summed E-state index contributed by atoms with van der Waals surface area (Å²) in [5.74, 6) is 1.03. The summed E-state index contributed by atoms with van der Waals surface area (Å²) < 4.78 is 12.6. The molecule has 0 aromatic carbocycles. The lowest BCUT2D eigenvalue weighted by atomic mass is 9.65. The number of nitrogens with one attached hydrogen (secondary N) is 1. The van der Waals surface area contributed by atoms with Crippen LogP contribution in [-0.4, -0.2) is 49.7 Å². The average Bonchev–Trinajstić information content (AvgIpc) is 3.61. The van der Waals surface area contributed by atoms with E-state index in [1.807, 2.05) is 20.8 Å². The first kappa shape index (κ1) is 31.1. The number of allylic oxidation sites excluding steroid dienone is 3. The van der Waals surface area contributed by atoms with Crippen molar-refractivity contribution in [2.24, 2.45) is 29.1 Å². The molecule has 0 bridgehead atoms. The summed E-state index contributed by atoms with van der Waals surface area (Å²) in [6.07, 6.45) is 11.8. The molecular weight excluding hydrogens is 494 g/mol. The van der Waals surface area contributed by atoms with Gasteiger partial charge in [0.25, 0.3) is 0 Å². The van der Waals surface area contributed by atoms with Crippen LogP contribution in [0.2, 0.25) is 19.6 Å². The highest BCUT2D eigenvalue weighted by atomic mass is 28.4.